The zero-order valence-electron chi connectivity index (χ0n) is 10.3. The lowest BCUT2D eigenvalue weighted by Crippen LogP contribution is -2.43. The number of hydrogen-bond acceptors (Lipinski definition) is 5. The summed E-state index contributed by atoms with van der Waals surface area (Å²) in [5, 5.41) is 21.0. The summed E-state index contributed by atoms with van der Waals surface area (Å²) >= 11 is 0. The molecule has 0 aromatic heterocycles. The monoisotopic (exact) mass is 245 g/mol. The number of nitrogens with one attached hydrogen (secondary N) is 1. The molecule has 0 saturated carbocycles. The summed E-state index contributed by atoms with van der Waals surface area (Å²) in [6.07, 6.45) is 1.05. The molecule has 0 aromatic carbocycles. The van der Waals surface area contributed by atoms with Gasteiger partial charge in [0.1, 0.15) is 0 Å². The fourth-order valence-electron chi connectivity index (χ4n) is 1.95. The van der Waals surface area contributed by atoms with E-state index >= 15 is 0 Å². The van der Waals surface area contributed by atoms with Crippen molar-refractivity contribution in [3.63, 3.8) is 0 Å². The van der Waals surface area contributed by atoms with Crippen LogP contribution < -0.4 is 5.32 Å². The number of nitrogens with zero attached hydrogens (tertiary/aromatic N) is 2. The minimum atomic E-state index is -0.0622. The predicted octanol–water partition coefficient (Wildman–Crippen LogP) is -1.91. The second kappa shape index (κ2) is 8.41. The molecular weight excluding hydrogens is 222 g/mol. The SMILES string of the molecule is O=C(CN1CCCNCC1)N(CCO)CCO. The molecule has 1 fully saturated rings. The normalized spacial score (nSPS) is 17.8. The fourth-order valence-corrected chi connectivity index (χ4v) is 1.95. The van der Waals surface area contributed by atoms with E-state index in [2.05, 4.69) is 10.2 Å². The zero-order chi connectivity index (χ0) is 12.5. The first-order chi connectivity index (χ1) is 8.27. The molecule has 1 heterocycles. The quantitative estimate of drug-likeness (QED) is 0.509. The topological polar surface area (TPSA) is 76.0 Å². The Hall–Kier alpha value is -0.690. The molecule has 17 heavy (non-hydrogen) atoms. The summed E-state index contributed by atoms with van der Waals surface area (Å²) in [7, 11) is 0. The van der Waals surface area contributed by atoms with Gasteiger partial charge >= 0.3 is 0 Å². The predicted molar refractivity (Wildman–Crippen MR) is 64.7 cm³/mol. The second-order valence-corrected chi connectivity index (χ2v) is 4.21. The van der Waals surface area contributed by atoms with Crippen LogP contribution in [0.4, 0.5) is 0 Å². The van der Waals surface area contributed by atoms with Crippen LogP contribution in [-0.2, 0) is 4.79 Å². The highest BCUT2D eigenvalue weighted by Gasteiger charge is 2.17. The number of rotatable bonds is 6. The molecule has 3 N–H and O–H groups in total. The lowest BCUT2D eigenvalue weighted by atomic mass is 10.3. The van der Waals surface area contributed by atoms with Gasteiger partial charge in [-0.3, -0.25) is 9.69 Å². The molecule has 0 aliphatic carbocycles. The Balaban J connectivity index is 2.38. The van der Waals surface area contributed by atoms with Gasteiger partial charge in [0.05, 0.1) is 19.8 Å². The Labute approximate surface area is 102 Å². The molecule has 1 aliphatic rings. The van der Waals surface area contributed by atoms with Crippen LogP contribution in [0.15, 0.2) is 0 Å². The maximum atomic E-state index is 11.9. The summed E-state index contributed by atoms with van der Waals surface area (Å²) in [6, 6.07) is 0. The van der Waals surface area contributed by atoms with E-state index in [4.69, 9.17) is 10.2 Å². The molecule has 100 valence electrons. The van der Waals surface area contributed by atoms with Crippen molar-refractivity contribution in [1.82, 2.24) is 15.1 Å². The standard InChI is InChI=1S/C11H23N3O3/c15-8-6-14(7-9-16)11(17)10-13-4-1-2-12-3-5-13/h12,15-16H,1-10H2. The molecule has 0 aromatic rings. The van der Waals surface area contributed by atoms with Gasteiger partial charge in [0.15, 0.2) is 0 Å². The number of carbonyl (C=O) groups excluding carboxylic acids is 1. The third-order valence-corrected chi connectivity index (χ3v) is 2.88. The maximum absolute atomic E-state index is 11.9. The van der Waals surface area contributed by atoms with E-state index in [0.717, 1.165) is 32.6 Å². The van der Waals surface area contributed by atoms with Crippen LogP contribution in [0, 0.1) is 0 Å². The van der Waals surface area contributed by atoms with Crippen LogP contribution in [0.2, 0.25) is 0 Å². The van der Waals surface area contributed by atoms with Crippen molar-refractivity contribution in [2.45, 2.75) is 6.42 Å². The number of amides is 1. The van der Waals surface area contributed by atoms with Crippen molar-refractivity contribution in [2.24, 2.45) is 0 Å². The minimum absolute atomic E-state index is 0.0185. The summed E-state index contributed by atoms with van der Waals surface area (Å²) < 4.78 is 0. The lowest BCUT2D eigenvalue weighted by Gasteiger charge is -2.25. The Morgan fingerprint density at radius 3 is 2.53 bits per heavy atom. The highest BCUT2D eigenvalue weighted by molar-refractivity contribution is 5.78. The summed E-state index contributed by atoms with van der Waals surface area (Å²) in [4.78, 5) is 15.6. The first kappa shape index (κ1) is 14.4. The molecule has 0 spiro atoms. The van der Waals surface area contributed by atoms with E-state index in [1.165, 1.54) is 4.90 Å². The van der Waals surface area contributed by atoms with E-state index in [0.29, 0.717) is 19.6 Å². The van der Waals surface area contributed by atoms with Crippen molar-refractivity contribution in [3.8, 4) is 0 Å². The molecule has 1 aliphatic heterocycles. The Morgan fingerprint density at radius 2 is 1.88 bits per heavy atom. The minimum Gasteiger partial charge on any atom is -0.395 e. The van der Waals surface area contributed by atoms with Crippen LogP contribution in [0.1, 0.15) is 6.42 Å². The number of carbonyl (C=O) groups is 1. The van der Waals surface area contributed by atoms with Crippen LogP contribution in [-0.4, -0.2) is 84.9 Å². The molecule has 1 saturated heterocycles. The average molecular weight is 245 g/mol. The van der Waals surface area contributed by atoms with Crippen molar-refractivity contribution in [3.05, 3.63) is 0 Å². The number of hydrogen-bond donors (Lipinski definition) is 3. The highest BCUT2D eigenvalue weighted by Crippen LogP contribution is 1.98. The summed E-state index contributed by atoms with van der Waals surface area (Å²) in [5.74, 6) is -0.0185. The molecule has 6 nitrogen and oxygen atoms in total. The third-order valence-electron chi connectivity index (χ3n) is 2.88. The smallest absolute Gasteiger partial charge is 0.236 e. The first-order valence-electron chi connectivity index (χ1n) is 6.20. The van der Waals surface area contributed by atoms with Gasteiger partial charge in [-0.1, -0.05) is 0 Å². The van der Waals surface area contributed by atoms with Crippen LogP contribution in [0.5, 0.6) is 0 Å². The van der Waals surface area contributed by atoms with E-state index in [9.17, 15) is 4.79 Å². The lowest BCUT2D eigenvalue weighted by molar-refractivity contribution is -0.133. The third kappa shape index (κ3) is 5.45. The number of aliphatic hydroxyl groups is 2. The largest absolute Gasteiger partial charge is 0.395 e. The van der Waals surface area contributed by atoms with Crippen molar-refractivity contribution < 1.29 is 15.0 Å². The second-order valence-electron chi connectivity index (χ2n) is 4.21. The van der Waals surface area contributed by atoms with Gasteiger partial charge in [0.25, 0.3) is 0 Å². The van der Waals surface area contributed by atoms with E-state index in [1.807, 2.05) is 0 Å². The van der Waals surface area contributed by atoms with Crippen LogP contribution in [0.25, 0.3) is 0 Å². The Kier molecular flexibility index (Phi) is 7.11. The fraction of sp³-hybridized carbons (Fsp3) is 0.909. The van der Waals surface area contributed by atoms with Gasteiger partial charge in [0.2, 0.25) is 5.91 Å². The van der Waals surface area contributed by atoms with Gasteiger partial charge in [-0.15, -0.1) is 0 Å². The van der Waals surface area contributed by atoms with E-state index in [1.54, 1.807) is 0 Å². The van der Waals surface area contributed by atoms with Gasteiger partial charge in [-0.05, 0) is 19.5 Å². The molecule has 0 bridgehead atoms. The maximum Gasteiger partial charge on any atom is 0.236 e. The molecule has 0 radical (unpaired) electrons. The van der Waals surface area contributed by atoms with Crippen molar-refractivity contribution in [2.75, 3.05) is 59.0 Å². The Bertz CT molecular complexity index is 212. The van der Waals surface area contributed by atoms with Gasteiger partial charge in [0, 0.05) is 26.2 Å². The summed E-state index contributed by atoms with van der Waals surface area (Å²) in [6.45, 7) is 4.55. The molecule has 0 unspecified atom stereocenters. The molecule has 1 rings (SSSR count). The van der Waals surface area contributed by atoms with Crippen molar-refractivity contribution >= 4 is 5.91 Å². The number of aliphatic hydroxyl groups excluding tert-OH is 2. The van der Waals surface area contributed by atoms with Gasteiger partial charge in [-0.2, -0.15) is 0 Å². The zero-order valence-corrected chi connectivity index (χ0v) is 10.3. The summed E-state index contributed by atoms with van der Waals surface area (Å²) in [5.41, 5.74) is 0. The van der Waals surface area contributed by atoms with Crippen LogP contribution >= 0.6 is 0 Å². The average Bonchev–Trinajstić information content (AvgIpc) is 2.57. The molecule has 6 heteroatoms. The van der Waals surface area contributed by atoms with Crippen molar-refractivity contribution in [1.29, 1.82) is 0 Å². The van der Waals surface area contributed by atoms with E-state index in [-0.39, 0.29) is 19.1 Å². The van der Waals surface area contributed by atoms with Crippen LogP contribution in [0.3, 0.4) is 0 Å². The highest BCUT2D eigenvalue weighted by atomic mass is 16.3. The first-order valence-corrected chi connectivity index (χ1v) is 6.20. The van der Waals surface area contributed by atoms with E-state index < -0.39 is 0 Å². The molecular formula is C11H23N3O3. The molecule has 1 amide bonds. The molecule has 0 atom stereocenters. The Morgan fingerprint density at radius 1 is 1.18 bits per heavy atom. The van der Waals surface area contributed by atoms with Gasteiger partial charge < -0.3 is 20.4 Å². The van der Waals surface area contributed by atoms with Gasteiger partial charge in [-0.25, -0.2) is 0 Å².